The second-order valence-corrected chi connectivity index (χ2v) is 6.69. The molecule has 0 aromatic rings. The van der Waals surface area contributed by atoms with Gasteiger partial charge in [0.15, 0.2) is 0 Å². The molecule has 0 unspecified atom stereocenters. The van der Waals surface area contributed by atoms with Gasteiger partial charge in [-0.3, -0.25) is 0 Å². The lowest BCUT2D eigenvalue weighted by Gasteiger charge is -2.32. The zero-order valence-corrected chi connectivity index (χ0v) is 10.6. The third kappa shape index (κ3) is 2.74. The minimum atomic E-state index is -3.28. The molecule has 2 N–H and O–H groups in total. The molecule has 0 spiro atoms. The van der Waals surface area contributed by atoms with Gasteiger partial charge >= 0.3 is 0 Å². The van der Waals surface area contributed by atoms with Crippen molar-refractivity contribution in [2.75, 3.05) is 26.2 Å². The van der Waals surface area contributed by atoms with E-state index < -0.39 is 10.2 Å². The Labute approximate surface area is 97.8 Å². The molecule has 1 saturated carbocycles. The smallest absolute Gasteiger partial charge is 0.280 e. The highest BCUT2D eigenvalue weighted by Crippen LogP contribution is 2.29. The molecule has 1 saturated heterocycles. The first-order valence-electron chi connectivity index (χ1n) is 6.02. The molecule has 2 rings (SSSR count). The van der Waals surface area contributed by atoms with E-state index in [4.69, 9.17) is 0 Å². The summed E-state index contributed by atoms with van der Waals surface area (Å²) in [5.74, 6) is 0. The van der Waals surface area contributed by atoms with E-state index in [1.54, 1.807) is 4.31 Å². The average Bonchev–Trinajstić information content (AvgIpc) is 2.65. The van der Waals surface area contributed by atoms with E-state index in [0.717, 1.165) is 38.8 Å². The molecule has 0 bridgehead atoms. The predicted octanol–water partition coefficient (Wildman–Crippen LogP) is 0.0587. The van der Waals surface area contributed by atoms with Crippen molar-refractivity contribution in [1.29, 1.82) is 0 Å². The average molecular weight is 247 g/mol. The van der Waals surface area contributed by atoms with E-state index in [9.17, 15) is 8.42 Å². The van der Waals surface area contributed by atoms with E-state index >= 15 is 0 Å². The van der Waals surface area contributed by atoms with Crippen molar-refractivity contribution in [1.82, 2.24) is 14.3 Å². The van der Waals surface area contributed by atoms with Gasteiger partial charge < -0.3 is 5.32 Å². The highest BCUT2D eigenvalue weighted by atomic mass is 32.2. The Balaban J connectivity index is 2.01. The highest BCUT2D eigenvalue weighted by Gasteiger charge is 2.35. The van der Waals surface area contributed by atoms with E-state index in [2.05, 4.69) is 10.0 Å². The number of piperazine rings is 1. The Morgan fingerprint density at radius 1 is 1.19 bits per heavy atom. The van der Waals surface area contributed by atoms with Crippen LogP contribution < -0.4 is 10.0 Å². The van der Waals surface area contributed by atoms with E-state index in [1.165, 1.54) is 0 Å². The van der Waals surface area contributed by atoms with Gasteiger partial charge in [-0.15, -0.1) is 0 Å². The molecule has 1 aliphatic carbocycles. The van der Waals surface area contributed by atoms with Crippen LogP contribution in [0.4, 0.5) is 0 Å². The minimum absolute atomic E-state index is 0.219. The number of nitrogens with zero attached hydrogens (tertiary/aromatic N) is 1. The Hall–Kier alpha value is -0.170. The normalized spacial score (nSPS) is 27.1. The molecular formula is C10H21N3O2S. The van der Waals surface area contributed by atoms with Crippen LogP contribution in [0.5, 0.6) is 0 Å². The zero-order valence-electron chi connectivity index (χ0n) is 9.83. The molecule has 6 heteroatoms. The molecule has 94 valence electrons. The maximum atomic E-state index is 12.1. The van der Waals surface area contributed by atoms with Gasteiger partial charge in [-0.2, -0.15) is 17.4 Å². The fourth-order valence-corrected chi connectivity index (χ4v) is 4.14. The summed E-state index contributed by atoms with van der Waals surface area (Å²) in [4.78, 5) is 0. The van der Waals surface area contributed by atoms with Crippen LogP contribution in [-0.4, -0.2) is 44.4 Å². The molecule has 0 radical (unpaired) electrons. The summed E-state index contributed by atoms with van der Waals surface area (Å²) in [7, 11) is -3.28. The van der Waals surface area contributed by atoms with Gasteiger partial charge in [0, 0.05) is 31.7 Å². The Bertz CT molecular complexity index is 330. The highest BCUT2D eigenvalue weighted by molar-refractivity contribution is 7.87. The second-order valence-electron chi connectivity index (χ2n) is 5.02. The lowest BCUT2D eigenvalue weighted by Crippen LogP contribution is -2.55. The largest absolute Gasteiger partial charge is 0.314 e. The quantitative estimate of drug-likeness (QED) is 0.741. The number of hydrogen-bond donors (Lipinski definition) is 2. The Kier molecular flexibility index (Phi) is 3.53. The van der Waals surface area contributed by atoms with Crippen LogP contribution in [0.2, 0.25) is 0 Å². The van der Waals surface area contributed by atoms with Crippen LogP contribution in [0.3, 0.4) is 0 Å². The SMILES string of the molecule is CC1(NS(=O)(=O)N2CCNCC2)CCCC1. The molecular weight excluding hydrogens is 226 g/mol. The van der Waals surface area contributed by atoms with Crippen molar-refractivity contribution in [2.45, 2.75) is 38.1 Å². The summed E-state index contributed by atoms with van der Waals surface area (Å²) in [5, 5.41) is 3.16. The predicted molar refractivity (Wildman–Crippen MR) is 63.4 cm³/mol. The van der Waals surface area contributed by atoms with Crippen molar-refractivity contribution in [2.24, 2.45) is 0 Å². The molecule has 0 aromatic heterocycles. The van der Waals surface area contributed by atoms with Gasteiger partial charge in [-0.1, -0.05) is 12.8 Å². The molecule has 2 aliphatic rings. The third-order valence-electron chi connectivity index (χ3n) is 3.50. The van der Waals surface area contributed by atoms with Crippen molar-refractivity contribution < 1.29 is 8.42 Å². The van der Waals surface area contributed by atoms with Gasteiger partial charge in [-0.25, -0.2) is 0 Å². The summed E-state index contributed by atoms with van der Waals surface area (Å²) >= 11 is 0. The van der Waals surface area contributed by atoms with E-state index in [1.807, 2.05) is 6.92 Å². The maximum absolute atomic E-state index is 12.1. The number of rotatable bonds is 3. The topological polar surface area (TPSA) is 61.4 Å². The summed E-state index contributed by atoms with van der Waals surface area (Å²) in [6.45, 7) is 4.66. The monoisotopic (exact) mass is 247 g/mol. The van der Waals surface area contributed by atoms with Crippen LogP contribution in [0, 0.1) is 0 Å². The summed E-state index contributed by atoms with van der Waals surface area (Å²) < 4.78 is 28.7. The van der Waals surface area contributed by atoms with Gasteiger partial charge in [0.2, 0.25) is 0 Å². The molecule has 16 heavy (non-hydrogen) atoms. The Morgan fingerprint density at radius 3 is 2.31 bits per heavy atom. The molecule has 5 nitrogen and oxygen atoms in total. The molecule has 1 aliphatic heterocycles. The lowest BCUT2D eigenvalue weighted by atomic mass is 10.0. The minimum Gasteiger partial charge on any atom is -0.314 e. The number of hydrogen-bond acceptors (Lipinski definition) is 3. The van der Waals surface area contributed by atoms with Crippen LogP contribution in [0.25, 0.3) is 0 Å². The van der Waals surface area contributed by atoms with Crippen LogP contribution in [-0.2, 0) is 10.2 Å². The van der Waals surface area contributed by atoms with Crippen molar-refractivity contribution in [3.63, 3.8) is 0 Å². The van der Waals surface area contributed by atoms with Crippen molar-refractivity contribution >= 4 is 10.2 Å². The fraction of sp³-hybridized carbons (Fsp3) is 1.00. The maximum Gasteiger partial charge on any atom is 0.280 e. The van der Waals surface area contributed by atoms with Crippen LogP contribution in [0.15, 0.2) is 0 Å². The number of nitrogens with one attached hydrogen (secondary N) is 2. The fourth-order valence-electron chi connectivity index (χ4n) is 2.52. The summed E-state index contributed by atoms with van der Waals surface area (Å²) in [6.07, 6.45) is 4.16. The van der Waals surface area contributed by atoms with E-state index in [0.29, 0.717) is 13.1 Å². The standard InChI is InChI=1S/C10H21N3O2S/c1-10(4-2-3-5-10)12-16(14,15)13-8-6-11-7-9-13/h11-12H,2-9H2,1H3. The van der Waals surface area contributed by atoms with Crippen LogP contribution >= 0.6 is 0 Å². The first kappa shape index (κ1) is 12.3. The molecule has 1 heterocycles. The van der Waals surface area contributed by atoms with Gasteiger partial charge in [0.1, 0.15) is 0 Å². The molecule has 2 fully saturated rings. The summed E-state index contributed by atoms with van der Waals surface area (Å²) in [5.41, 5.74) is -0.219. The zero-order chi connectivity index (χ0) is 11.6. The second kappa shape index (κ2) is 4.60. The van der Waals surface area contributed by atoms with Gasteiger partial charge in [0.25, 0.3) is 10.2 Å². The van der Waals surface area contributed by atoms with Crippen molar-refractivity contribution in [3.8, 4) is 0 Å². The summed E-state index contributed by atoms with van der Waals surface area (Å²) in [6, 6.07) is 0. The molecule has 0 atom stereocenters. The lowest BCUT2D eigenvalue weighted by molar-refractivity contribution is 0.336. The van der Waals surface area contributed by atoms with Gasteiger partial charge in [0.05, 0.1) is 0 Å². The molecule has 0 amide bonds. The Morgan fingerprint density at radius 2 is 1.75 bits per heavy atom. The molecule has 0 aromatic carbocycles. The first-order chi connectivity index (χ1) is 7.52. The first-order valence-corrected chi connectivity index (χ1v) is 7.46. The van der Waals surface area contributed by atoms with Crippen molar-refractivity contribution in [3.05, 3.63) is 0 Å². The van der Waals surface area contributed by atoms with Crippen LogP contribution in [0.1, 0.15) is 32.6 Å². The third-order valence-corrected chi connectivity index (χ3v) is 5.29. The van der Waals surface area contributed by atoms with Gasteiger partial charge in [-0.05, 0) is 19.8 Å². The van der Waals surface area contributed by atoms with E-state index in [-0.39, 0.29) is 5.54 Å².